The van der Waals surface area contributed by atoms with Crippen LogP contribution in [0.3, 0.4) is 0 Å². The van der Waals surface area contributed by atoms with Crippen molar-refractivity contribution in [2.75, 3.05) is 6.61 Å². The van der Waals surface area contributed by atoms with Crippen LogP contribution in [0.4, 0.5) is 0 Å². The molecule has 0 amide bonds. The first kappa shape index (κ1) is 16.2. The fourth-order valence-electron chi connectivity index (χ4n) is 3.20. The van der Waals surface area contributed by atoms with E-state index in [9.17, 15) is 5.11 Å². The summed E-state index contributed by atoms with van der Waals surface area (Å²) in [5.74, 6) is 0.771. The molecule has 1 atom stereocenters. The van der Waals surface area contributed by atoms with Crippen LogP contribution in [0, 0.1) is 0 Å². The Labute approximate surface area is 154 Å². The van der Waals surface area contributed by atoms with Crippen LogP contribution in [-0.2, 0) is 6.54 Å². The average Bonchev–Trinajstić information content (AvgIpc) is 2.94. The minimum atomic E-state index is -0.595. The summed E-state index contributed by atoms with van der Waals surface area (Å²) in [7, 11) is 0. The van der Waals surface area contributed by atoms with Crippen molar-refractivity contribution in [3.63, 3.8) is 0 Å². The fourth-order valence-corrected chi connectivity index (χ4v) is 3.56. The Morgan fingerprint density at radius 3 is 2.44 bits per heavy atom. The number of para-hydroxylation sites is 2. The molecule has 4 heteroatoms. The van der Waals surface area contributed by atoms with Gasteiger partial charge < -0.3 is 14.4 Å². The zero-order valence-corrected chi connectivity index (χ0v) is 15.2. The molecule has 0 radical (unpaired) electrons. The van der Waals surface area contributed by atoms with Crippen LogP contribution in [0.25, 0.3) is 21.8 Å². The minimum absolute atomic E-state index is 0.258. The summed E-state index contributed by atoms with van der Waals surface area (Å²) in [4.78, 5) is 0. The third-order valence-corrected chi connectivity index (χ3v) is 4.81. The molecule has 3 aromatic carbocycles. The smallest absolute Gasteiger partial charge is 0.119 e. The standard InChI is InChI=1S/C21H18BrNO2/c22-15-10-11-21-19(12-15)18-8-4-5-9-20(18)23(21)13-16(24)14-25-17-6-2-1-3-7-17/h1-12,16,24H,13-14H2. The molecule has 126 valence electrons. The van der Waals surface area contributed by atoms with Crippen molar-refractivity contribution in [1.29, 1.82) is 0 Å². The largest absolute Gasteiger partial charge is 0.491 e. The number of aliphatic hydroxyl groups excluding tert-OH is 1. The SMILES string of the molecule is OC(COc1ccccc1)Cn1c2ccccc2c2cc(Br)ccc21. The van der Waals surface area contributed by atoms with Crippen molar-refractivity contribution in [3.05, 3.63) is 77.3 Å². The molecular formula is C21H18BrNO2. The van der Waals surface area contributed by atoms with E-state index in [0.717, 1.165) is 21.3 Å². The number of ether oxygens (including phenoxy) is 1. The predicted molar refractivity (Wildman–Crippen MR) is 105 cm³/mol. The highest BCUT2D eigenvalue weighted by Gasteiger charge is 2.14. The molecule has 0 aliphatic carbocycles. The van der Waals surface area contributed by atoms with E-state index in [4.69, 9.17) is 4.74 Å². The number of fused-ring (bicyclic) bond motifs is 3. The summed E-state index contributed by atoms with van der Waals surface area (Å²) in [6.07, 6.45) is -0.595. The maximum Gasteiger partial charge on any atom is 0.119 e. The Kier molecular flexibility index (Phi) is 4.47. The summed E-state index contributed by atoms with van der Waals surface area (Å²) in [5.41, 5.74) is 2.23. The average molecular weight is 396 g/mol. The zero-order valence-electron chi connectivity index (χ0n) is 13.6. The maximum atomic E-state index is 10.5. The lowest BCUT2D eigenvalue weighted by molar-refractivity contribution is 0.0945. The molecule has 1 aromatic heterocycles. The van der Waals surface area contributed by atoms with Gasteiger partial charge in [-0.25, -0.2) is 0 Å². The topological polar surface area (TPSA) is 34.4 Å². The first-order valence-corrected chi connectivity index (χ1v) is 9.04. The number of aromatic nitrogens is 1. The van der Waals surface area contributed by atoms with Crippen molar-refractivity contribution in [1.82, 2.24) is 4.57 Å². The van der Waals surface area contributed by atoms with Crippen molar-refractivity contribution in [2.45, 2.75) is 12.6 Å². The molecule has 0 saturated heterocycles. The van der Waals surface area contributed by atoms with E-state index >= 15 is 0 Å². The van der Waals surface area contributed by atoms with Crippen LogP contribution in [0.5, 0.6) is 5.75 Å². The van der Waals surface area contributed by atoms with Crippen LogP contribution in [0.1, 0.15) is 0 Å². The Bertz CT molecular complexity index is 1010. The first-order chi connectivity index (χ1) is 12.2. The molecule has 3 nitrogen and oxygen atoms in total. The molecule has 0 fully saturated rings. The van der Waals surface area contributed by atoms with E-state index in [0.29, 0.717) is 6.54 Å². The maximum absolute atomic E-state index is 10.5. The van der Waals surface area contributed by atoms with Gasteiger partial charge in [0.05, 0.1) is 6.54 Å². The second kappa shape index (κ2) is 6.90. The van der Waals surface area contributed by atoms with Crippen molar-refractivity contribution < 1.29 is 9.84 Å². The minimum Gasteiger partial charge on any atom is -0.491 e. The molecular weight excluding hydrogens is 378 g/mol. The van der Waals surface area contributed by atoms with E-state index in [-0.39, 0.29) is 6.61 Å². The Hall–Kier alpha value is -2.30. The number of nitrogens with zero attached hydrogens (tertiary/aromatic N) is 1. The molecule has 25 heavy (non-hydrogen) atoms. The highest BCUT2D eigenvalue weighted by Crippen LogP contribution is 2.31. The van der Waals surface area contributed by atoms with Gasteiger partial charge >= 0.3 is 0 Å². The summed E-state index contributed by atoms with van der Waals surface area (Å²) < 4.78 is 8.90. The number of halogens is 1. The van der Waals surface area contributed by atoms with E-state index < -0.39 is 6.10 Å². The molecule has 0 spiro atoms. The predicted octanol–water partition coefficient (Wildman–Crippen LogP) is 5.00. The number of hydrogen-bond acceptors (Lipinski definition) is 2. The Balaban J connectivity index is 1.63. The van der Waals surface area contributed by atoms with Crippen LogP contribution >= 0.6 is 15.9 Å². The number of benzene rings is 3. The molecule has 4 aromatic rings. The highest BCUT2D eigenvalue weighted by molar-refractivity contribution is 9.10. The molecule has 4 rings (SSSR count). The lowest BCUT2D eigenvalue weighted by atomic mass is 10.2. The molecule has 0 bridgehead atoms. The molecule has 1 N–H and O–H groups in total. The van der Waals surface area contributed by atoms with Gasteiger partial charge in [-0.3, -0.25) is 0 Å². The highest BCUT2D eigenvalue weighted by atomic mass is 79.9. The Morgan fingerprint density at radius 1 is 0.880 bits per heavy atom. The van der Waals surface area contributed by atoms with Crippen molar-refractivity contribution in [3.8, 4) is 5.75 Å². The van der Waals surface area contributed by atoms with Crippen LogP contribution in [0.2, 0.25) is 0 Å². The number of rotatable bonds is 5. The van der Waals surface area contributed by atoms with Crippen LogP contribution < -0.4 is 4.74 Å². The summed E-state index contributed by atoms with van der Waals surface area (Å²) in [6, 6.07) is 24.1. The second-order valence-corrected chi connectivity index (χ2v) is 6.98. The normalized spacial score (nSPS) is 12.6. The second-order valence-electron chi connectivity index (χ2n) is 6.07. The Morgan fingerprint density at radius 2 is 1.60 bits per heavy atom. The molecule has 0 aliphatic heterocycles. The van der Waals surface area contributed by atoms with Crippen LogP contribution in [-0.4, -0.2) is 22.4 Å². The summed E-state index contributed by atoms with van der Waals surface area (Å²) in [5, 5.41) is 12.9. The summed E-state index contributed by atoms with van der Waals surface area (Å²) >= 11 is 3.55. The quantitative estimate of drug-likeness (QED) is 0.515. The van der Waals surface area contributed by atoms with E-state index in [2.05, 4.69) is 44.8 Å². The van der Waals surface area contributed by atoms with Gasteiger partial charge in [0.15, 0.2) is 0 Å². The van der Waals surface area contributed by atoms with Gasteiger partial charge in [0.1, 0.15) is 18.5 Å². The van der Waals surface area contributed by atoms with Gasteiger partial charge in [-0.15, -0.1) is 0 Å². The van der Waals surface area contributed by atoms with E-state index in [1.807, 2.05) is 48.5 Å². The number of hydrogen-bond donors (Lipinski definition) is 1. The monoisotopic (exact) mass is 395 g/mol. The molecule has 1 unspecified atom stereocenters. The van der Waals surface area contributed by atoms with Gasteiger partial charge in [-0.05, 0) is 36.4 Å². The van der Waals surface area contributed by atoms with Crippen molar-refractivity contribution in [2.24, 2.45) is 0 Å². The molecule has 0 saturated carbocycles. The summed E-state index contributed by atoms with van der Waals surface area (Å²) in [6.45, 7) is 0.743. The molecule has 1 heterocycles. The molecule has 0 aliphatic rings. The zero-order chi connectivity index (χ0) is 17.2. The lowest BCUT2D eigenvalue weighted by Gasteiger charge is -2.15. The number of aliphatic hydroxyl groups is 1. The van der Waals surface area contributed by atoms with Gasteiger partial charge in [-0.1, -0.05) is 52.3 Å². The lowest BCUT2D eigenvalue weighted by Crippen LogP contribution is -2.23. The van der Waals surface area contributed by atoms with Crippen molar-refractivity contribution >= 4 is 37.7 Å². The fraction of sp³-hybridized carbons (Fsp3) is 0.143. The van der Waals surface area contributed by atoms with E-state index in [1.165, 1.54) is 10.8 Å². The van der Waals surface area contributed by atoms with Gasteiger partial charge in [-0.2, -0.15) is 0 Å². The van der Waals surface area contributed by atoms with Gasteiger partial charge in [0, 0.05) is 26.3 Å². The third kappa shape index (κ3) is 3.28. The third-order valence-electron chi connectivity index (χ3n) is 4.31. The van der Waals surface area contributed by atoms with Gasteiger partial charge in [0.25, 0.3) is 0 Å². The first-order valence-electron chi connectivity index (χ1n) is 8.25. The van der Waals surface area contributed by atoms with Gasteiger partial charge in [0.2, 0.25) is 0 Å². The van der Waals surface area contributed by atoms with E-state index in [1.54, 1.807) is 0 Å². The van der Waals surface area contributed by atoms with Crippen LogP contribution in [0.15, 0.2) is 77.3 Å².